The van der Waals surface area contributed by atoms with Gasteiger partial charge in [0.15, 0.2) is 0 Å². The lowest BCUT2D eigenvalue weighted by Gasteiger charge is -2.13. The molecule has 1 aliphatic carbocycles. The molecule has 1 amide bonds. The van der Waals surface area contributed by atoms with Crippen molar-refractivity contribution in [2.24, 2.45) is 0 Å². The molecule has 1 N–H and O–H groups in total. The van der Waals surface area contributed by atoms with Crippen LogP contribution >= 0.6 is 0 Å². The van der Waals surface area contributed by atoms with Gasteiger partial charge in [0, 0.05) is 30.4 Å². The molecule has 1 aromatic carbocycles. The van der Waals surface area contributed by atoms with Crippen molar-refractivity contribution in [3.05, 3.63) is 94.8 Å². The zero-order valence-corrected chi connectivity index (χ0v) is 21.3. The summed E-state index contributed by atoms with van der Waals surface area (Å²) in [4.78, 5) is 24.9. The molecule has 0 spiro atoms. The number of rotatable bonds is 7. The van der Waals surface area contributed by atoms with Gasteiger partial charge in [-0.3, -0.25) is 9.78 Å². The van der Waals surface area contributed by atoms with Crippen molar-refractivity contribution in [2.45, 2.75) is 19.0 Å². The van der Waals surface area contributed by atoms with Crippen molar-refractivity contribution < 1.29 is 31.8 Å². The van der Waals surface area contributed by atoms with E-state index in [9.17, 15) is 22.4 Å². The molecule has 0 atom stereocenters. The Morgan fingerprint density at radius 1 is 0.925 bits per heavy atom. The summed E-state index contributed by atoms with van der Waals surface area (Å²) in [7, 11) is 2.62. The number of methoxy groups -OCH3 is 2. The molecule has 7 nitrogen and oxygen atoms in total. The predicted octanol–water partition coefficient (Wildman–Crippen LogP) is 5.99. The smallest absolute Gasteiger partial charge is 0.421 e. The number of anilines is 1. The topological polar surface area (TPSA) is 86.2 Å². The number of carbonyl (C=O) groups excluding carboxylic acids is 1. The molecular formula is C29H22F4N4O3. The molecule has 3 aromatic heterocycles. The van der Waals surface area contributed by atoms with Crippen LogP contribution in [-0.4, -0.2) is 35.1 Å². The molecule has 0 radical (unpaired) electrons. The lowest BCUT2D eigenvalue weighted by molar-refractivity contribution is -0.139. The van der Waals surface area contributed by atoms with E-state index in [2.05, 4.69) is 25.0 Å². The van der Waals surface area contributed by atoms with E-state index in [-0.39, 0.29) is 17.7 Å². The van der Waals surface area contributed by atoms with Crippen LogP contribution in [0.3, 0.4) is 0 Å². The molecule has 204 valence electrons. The highest BCUT2D eigenvalue weighted by Crippen LogP contribution is 2.36. The fourth-order valence-electron chi connectivity index (χ4n) is 4.37. The number of carbonyl (C=O) groups is 1. The van der Waals surface area contributed by atoms with Crippen LogP contribution in [0.2, 0.25) is 0 Å². The molecule has 11 heteroatoms. The van der Waals surface area contributed by atoms with Gasteiger partial charge in [-0.2, -0.15) is 13.2 Å². The highest BCUT2D eigenvalue weighted by molar-refractivity contribution is 5.92. The zero-order chi connectivity index (χ0) is 28.4. The van der Waals surface area contributed by atoms with Gasteiger partial charge in [-0.15, -0.1) is 0 Å². The fourth-order valence-corrected chi connectivity index (χ4v) is 4.37. The molecule has 3 heterocycles. The lowest BCUT2D eigenvalue weighted by Crippen LogP contribution is -2.17. The van der Waals surface area contributed by atoms with Crippen molar-refractivity contribution in [3.63, 3.8) is 0 Å². The Kier molecular flexibility index (Phi) is 7.20. The Morgan fingerprint density at radius 2 is 1.70 bits per heavy atom. The summed E-state index contributed by atoms with van der Waals surface area (Å²) in [5.41, 5.74) is 3.85. The molecule has 1 aliphatic rings. The van der Waals surface area contributed by atoms with Crippen LogP contribution in [0.4, 0.5) is 23.2 Å². The number of amides is 1. The van der Waals surface area contributed by atoms with Crippen LogP contribution in [0.15, 0.2) is 61.1 Å². The maximum absolute atomic E-state index is 15.0. The van der Waals surface area contributed by atoms with Crippen LogP contribution in [0, 0.1) is 5.82 Å². The second-order valence-corrected chi connectivity index (χ2v) is 9.01. The third-order valence-corrected chi connectivity index (χ3v) is 6.38. The summed E-state index contributed by atoms with van der Waals surface area (Å²) in [6.07, 6.45) is 1.99. The zero-order valence-electron chi connectivity index (χ0n) is 21.3. The number of aromatic nitrogens is 3. The van der Waals surface area contributed by atoms with E-state index in [4.69, 9.17) is 4.74 Å². The Hall–Kier alpha value is -4.80. The van der Waals surface area contributed by atoms with Crippen molar-refractivity contribution >= 4 is 23.2 Å². The number of halogens is 4. The maximum Gasteiger partial charge on any atom is 0.421 e. The Bertz CT molecular complexity index is 1620. The average Bonchev–Trinajstić information content (AvgIpc) is 3.37. The van der Waals surface area contributed by atoms with Crippen LogP contribution in [0.25, 0.3) is 22.8 Å². The third kappa shape index (κ3) is 5.63. The van der Waals surface area contributed by atoms with Crippen molar-refractivity contribution in [1.29, 1.82) is 0 Å². The van der Waals surface area contributed by atoms with E-state index < -0.39 is 29.3 Å². The summed E-state index contributed by atoms with van der Waals surface area (Å²) in [6.45, 7) is 0. The number of nitrogens with one attached hydrogen (secondary N) is 1. The van der Waals surface area contributed by atoms with Gasteiger partial charge < -0.3 is 14.8 Å². The normalized spacial score (nSPS) is 12.5. The van der Waals surface area contributed by atoms with E-state index >= 15 is 0 Å². The monoisotopic (exact) mass is 550 g/mol. The first-order valence-electron chi connectivity index (χ1n) is 12.0. The molecular weight excluding hydrogens is 528 g/mol. The van der Waals surface area contributed by atoms with E-state index in [0.29, 0.717) is 23.4 Å². The van der Waals surface area contributed by atoms with Crippen LogP contribution in [0.5, 0.6) is 11.8 Å². The minimum atomic E-state index is -4.72. The van der Waals surface area contributed by atoms with Crippen LogP contribution in [-0.2, 0) is 23.8 Å². The molecule has 0 fully saturated rings. The van der Waals surface area contributed by atoms with Gasteiger partial charge in [0.05, 0.1) is 38.2 Å². The lowest BCUT2D eigenvalue weighted by atomic mass is 10.0. The second kappa shape index (κ2) is 10.8. The van der Waals surface area contributed by atoms with E-state index in [1.807, 2.05) is 18.2 Å². The summed E-state index contributed by atoms with van der Waals surface area (Å²) in [6, 6.07) is 10.8. The summed E-state index contributed by atoms with van der Waals surface area (Å²) < 4.78 is 64.4. The van der Waals surface area contributed by atoms with Gasteiger partial charge in [0.25, 0.3) is 0 Å². The third-order valence-electron chi connectivity index (χ3n) is 6.38. The minimum absolute atomic E-state index is 0.0853. The quantitative estimate of drug-likeness (QED) is 0.285. The number of alkyl halides is 3. The molecule has 0 aliphatic heterocycles. The number of nitrogens with zero attached hydrogens (tertiary/aromatic N) is 3. The van der Waals surface area contributed by atoms with Gasteiger partial charge in [-0.25, -0.2) is 14.4 Å². The standard InChI is InChI=1S/C29H22F4N4O3/c1-39-27-6-5-18(13-35-27)19-7-20-8-21(14-34-25(20)10-19)16-3-4-17(24(30)9-16)11-26(38)37-22-12-23(29(31,32)33)28(40-2)36-15-22/h3-9,12-15H,10-11H2,1-2H3,(H,37,38). The second-order valence-electron chi connectivity index (χ2n) is 9.01. The number of pyridine rings is 3. The molecule has 0 saturated carbocycles. The SMILES string of the molecule is COc1ccc(C2=Cc3cc(-c4ccc(CC(=O)Nc5cnc(OC)c(C(F)(F)F)c5)c(F)c4)cnc3C2)cn1. The first kappa shape index (κ1) is 26.8. The number of hydrogen-bond donors (Lipinski definition) is 1. The van der Waals surface area contributed by atoms with Crippen LogP contribution in [0.1, 0.15) is 27.9 Å². The summed E-state index contributed by atoms with van der Waals surface area (Å²) in [5, 5.41) is 2.33. The number of ether oxygens (including phenoxy) is 2. The van der Waals surface area contributed by atoms with E-state index in [0.717, 1.165) is 41.8 Å². The Morgan fingerprint density at radius 3 is 2.38 bits per heavy atom. The van der Waals surface area contributed by atoms with Gasteiger partial charge in [-0.1, -0.05) is 12.1 Å². The molecule has 0 saturated heterocycles. The Balaban J connectivity index is 1.30. The maximum atomic E-state index is 15.0. The molecule has 0 unspecified atom stereocenters. The molecule has 4 aromatic rings. The first-order valence-corrected chi connectivity index (χ1v) is 12.0. The first-order chi connectivity index (χ1) is 19.1. The highest BCUT2D eigenvalue weighted by atomic mass is 19.4. The predicted molar refractivity (Wildman–Crippen MR) is 140 cm³/mol. The molecule has 5 rings (SSSR count). The number of benzene rings is 1. The van der Waals surface area contributed by atoms with Crippen molar-refractivity contribution in [1.82, 2.24) is 15.0 Å². The van der Waals surface area contributed by atoms with Gasteiger partial charge >= 0.3 is 6.18 Å². The van der Waals surface area contributed by atoms with Gasteiger partial charge in [0.2, 0.25) is 17.7 Å². The van der Waals surface area contributed by atoms with E-state index in [1.54, 1.807) is 31.6 Å². The van der Waals surface area contributed by atoms with Gasteiger partial charge in [0.1, 0.15) is 11.4 Å². The number of hydrogen-bond acceptors (Lipinski definition) is 6. The van der Waals surface area contributed by atoms with Gasteiger partial charge in [-0.05, 0) is 58.2 Å². The Labute approximate surface area is 226 Å². The van der Waals surface area contributed by atoms with Crippen molar-refractivity contribution in [3.8, 4) is 22.9 Å². The summed E-state index contributed by atoms with van der Waals surface area (Å²) in [5.74, 6) is -1.41. The fraction of sp³-hybridized carbons (Fsp3) is 0.172. The average molecular weight is 551 g/mol. The van der Waals surface area contributed by atoms with Crippen LogP contribution < -0.4 is 14.8 Å². The summed E-state index contributed by atoms with van der Waals surface area (Å²) >= 11 is 0. The minimum Gasteiger partial charge on any atom is -0.481 e. The van der Waals surface area contributed by atoms with Crippen molar-refractivity contribution in [2.75, 3.05) is 19.5 Å². The molecule has 0 bridgehead atoms. The number of allylic oxidation sites excluding steroid dienone is 1. The number of fused-ring (bicyclic) bond motifs is 1. The van der Waals surface area contributed by atoms with E-state index in [1.165, 1.54) is 12.1 Å². The largest absolute Gasteiger partial charge is 0.481 e. The molecule has 40 heavy (non-hydrogen) atoms. The highest BCUT2D eigenvalue weighted by Gasteiger charge is 2.35.